The molecule has 0 aromatic carbocycles. The summed E-state index contributed by atoms with van der Waals surface area (Å²) in [5, 5.41) is 16.6. The minimum Gasteiger partial charge on any atom is -0.476 e. The topological polar surface area (TPSA) is 88.9 Å². The molecule has 2 aromatic rings. The zero-order chi connectivity index (χ0) is 10.7. The average molecular weight is 240 g/mol. The van der Waals surface area contributed by atoms with Gasteiger partial charge in [-0.2, -0.15) is 0 Å². The van der Waals surface area contributed by atoms with Crippen molar-refractivity contribution < 1.29 is 9.90 Å². The highest BCUT2D eigenvalue weighted by Crippen LogP contribution is 2.28. The monoisotopic (exact) mass is 240 g/mol. The molecule has 0 fully saturated rings. The Morgan fingerprint density at radius 1 is 1.40 bits per heavy atom. The second-order valence-corrected chi connectivity index (χ2v) is 4.39. The molecule has 15 heavy (non-hydrogen) atoms. The maximum Gasteiger partial charge on any atom is 0.357 e. The van der Waals surface area contributed by atoms with E-state index < -0.39 is 5.97 Å². The first kappa shape index (κ1) is 9.99. The number of hydrogen-bond acceptors (Lipinski definition) is 7. The summed E-state index contributed by atoms with van der Waals surface area (Å²) in [5.41, 5.74) is 1.50. The Hall–Kier alpha value is -1.54. The van der Waals surface area contributed by atoms with Crippen LogP contribution >= 0.6 is 23.1 Å². The van der Waals surface area contributed by atoms with E-state index in [1.54, 1.807) is 5.51 Å². The summed E-state index contributed by atoms with van der Waals surface area (Å²) in [7, 11) is 0. The third kappa shape index (κ3) is 2.28. The van der Waals surface area contributed by atoms with E-state index in [9.17, 15) is 4.79 Å². The first-order chi connectivity index (χ1) is 7.27. The van der Waals surface area contributed by atoms with Gasteiger partial charge in [0.05, 0.1) is 0 Å². The number of aromatic carboxylic acids is 1. The molecule has 0 bridgehead atoms. The Bertz CT molecular complexity index is 474. The van der Waals surface area contributed by atoms with Crippen LogP contribution in [0, 0.1) is 0 Å². The fourth-order valence-corrected chi connectivity index (χ4v) is 2.28. The van der Waals surface area contributed by atoms with Gasteiger partial charge in [0, 0.05) is 12.4 Å². The van der Waals surface area contributed by atoms with E-state index in [4.69, 9.17) is 5.11 Å². The van der Waals surface area contributed by atoms with Gasteiger partial charge in [0.15, 0.2) is 10.0 Å². The minimum atomic E-state index is -1.10. The molecule has 0 spiro atoms. The highest BCUT2D eigenvalue weighted by Gasteiger charge is 2.14. The van der Waals surface area contributed by atoms with Gasteiger partial charge in [-0.1, -0.05) is 11.3 Å². The molecule has 0 unspecified atom stereocenters. The molecule has 0 atom stereocenters. The number of rotatable bonds is 3. The van der Waals surface area contributed by atoms with Crippen LogP contribution in [0.15, 0.2) is 27.3 Å². The van der Waals surface area contributed by atoms with E-state index in [0.717, 1.165) is 11.8 Å². The molecule has 76 valence electrons. The molecule has 0 aliphatic carbocycles. The zero-order valence-electron chi connectivity index (χ0n) is 7.19. The van der Waals surface area contributed by atoms with Gasteiger partial charge in [0.2, 0.25) is 0 Å². The van der Waals surface area contributed by atoms with E-state index in [1.807, 2.05) is 0 Å². The molecule has 1 N–H and O–H groups in total. The van der Waals surface area contributed by atoms with E-state index in [1.165, 1.54) is 23.7 Å². The molecule has 0 radical (unpaired) electrons. The minimum absolute atomic E-state index is 0.0716. The standard InChI is InChI=1S/C7H4N4O2S2/c12-6(13)4-5(9-2-1-8-4)15-7-11-10-3-14-7/h1-3H,(H,12,13). The van der Waals surface area contributed by atoms with Crippen molar-refractivity contribution in [3.63, 3.8) is 0 Å². The van der Waals surface area contributed by atoms with Crippen molar-refractivity contribution >= 4 is 29.1 Å². The van der Waals surface area contributed by atoms with Gasteiger partial charge in [0.25, 0.3) is 0 Å². The molecule has 6 nitrogen and oxygen atoms in total. The van der Waals surface area contributed by atoms with Crippen molar-refractivity contribution in [1.29, 1.82) is 0 Å². The van der Waals surface area contributed by atoms with Crippen molar-refractivity contribution in [2.45, 2.75) is 9.37 Å². The molecule has 0 saturated heterocycles. The lowest BCUT2D eigenvalue weighted by Crippen LogP contribution is -2.03. The third-order valence-corrected chi connectivity index (χ3v) is 3.16. The third-order valence-electron chi connectivity index (χ3n) is 1.39. The Kier molecular flexibility index (Phi) is 2.88. The zero-order valence-corrected chi connectivity index (χ0v) is 8.83. The summed E-state index contributed by atoms with van der Waals surface area (Å²) in [4.78, 5) is 18.5. The van der Waals surface area contributed by atoms with Gasteiger partial charge < -0.3 is 5.11 Å². The fourth-order valence-electron chi connectivity index (χ4n) is 0.837. The molecule has 2 aromatic heterocycles. The normalized spacial score (nSPS) is 10.1. The summed E-state index contributed by atoms with van der Waals surface area (Å²) >= 11 is 2.46. The molecular weight excluding hydrogens is 236 g/mol. The number of hydrogen-bond donors (Lipinski definition) is 1. The van der Waals surface area contributed by atoms with E-state index in [-0.39, 0.29) is 5.69 Å². The van der Waals surface area contributed by atoms with Crippen molar-refractivity contribution in [3.05, 3.63) is 23.6 Å². The number of carbonyl (C=O) groups is 1. The summed E-state index contributed by atoms with van der Waals surface area (Å²) < 4.78 is 0.637. The molecular formula is C7H4N4O2S2. The van der Waals surface area contributed by atoms with Crippen molar-refractivity contribution in [2.75, 3.05) is 0 Å². The van der Waals surface area contributed by atoms with Crippen LogP contribution in [0.2, 0.25) is 0 Å². The molecule has 0 saturated carbocycles. The number of carboxylic acid groups (broad SMARTS) is 1. The summed E-state index contributed by atoms with van der Waals surface area (Å²) in [6.45, 7) is 0. The van der Waals surface area contributed by atoms with E-state index in [2.05, 4.69) is 20.2 Å². The van der Waals surface area contributed by atoms with Crippen LogP contribution in [-0.4, -0.2) is 31.2 Å². The van der Waals surface area contributed by atoms with Crippen LogP contribution in [0.5, 0.6) is 0 Å². The summed E-state index contributed by atoms with van der Waals surface area (Å²) in [6.07, 6.45) is 2.78. The van der Waals surface area contributed by atoms with Gasteiger partial charge in [-0.15, -0.1) is 10.2 Å². The Balaban J connectivity index is 2.32. The Morgan fingerprint density at radius 2 is 2.20 bits per heavy atom. The van der Waals surface area contributed by atoms with E-state index >= 15 is 0 Å². The highest BCUT2D eigenvalue weighted by atomic mass is 32.2. The van der Waals surface area contributed by atoms with E-state index in [0.29, 0.717) is 9.37 Å². The molecule has 2 rings (SSSR count). The van der Waals surface area contributed by atoms with Crippen LogP contribution in [0.3, 0.4) is 0 Å². The lowest BCUT2D eigenvalue weighted by atomic mass is 10.5. The predicted octanol–water partition coefficient (Wildman–Crippen LogP) is 1.18. The van der Waals surface area contributed by atoms with Crippen LogP contribution in [-0.2, 0) is 0 Å². The molecule has 0 aliphatic heterocycles. The van der Waals surface area contributed by atoms with Crippen molar-refractivity contribution in [1.82, 2.24) is 20.2 Å². The second-order valence-electron chi connectivity index (χ2n) is 2.32. The largest absolute Gasteiger partial charge is 0.476 e. The Morgan fingerprint density at radius 3 is 2.87 bits per heavy atom. The average Bonchev–Trinajstić information content (AvgIpc) is 2.71. The molecule has 8 heteroatoms. The lowest BCUT2D eigenvalue weighted by molar-refractivity contribution is 0.0685. The van der Waals surface area contributed by atoms with Gasteiger partial charge in [-0.3, -0.25) is 0 Å². The summed E-state index contributed by atoms with van der Waals surface area (Å²) in [6, 6.07) is 0. The van der Waals surface area contributed by atoms with Crippen LogP contribution in [0.1, 0.15) is 10.5 Å². The second kappa shape index (κ2) is 4.32. The first-order valence-corrected chi connectivity index (χ1v) is 5.45. The van der Waals surface area contributed by atoms with Crippen molar-refractivity contribution in [3.8, 4) is 0 Å². The molecule has 2 heterocycles. The first-order valence-electron chi connectivity index (χ1n) is 3.75. The van der Waals surface area contributed by atoms with Crippen molar-refractivity contribution in [2.24, 2.45) is 0 Å². The van der Waals surface area contributed by atoms with Crippen LogP contribution in [0.4, 0.5) is 0 Å². The predicted molar refractivity (Wildman–Crippen MR) is 53.0 cm³/mol. The van der Waals surface area contributed by atoms with Gasteiger partial charge in [-0.05, 0) is 11.8 Å². The van der Waals surface area contributed by atoms with Gasteiger partial charge in [-0.25, -0.2) is 14.8 Å². The number of nitrogens with zero attached hydrogens (tertiary/aromatic N) is 4. The number of carboxylic acids is 1. The van der Waals surface area contributed by atoms with Gasteiger partial charge in [0.1, 0.15) is 10.5 Å². The Labute approximate surface area is 92.4 Å². The molecule has 0 amide bonds. The molecule has 0 aliphatic rings. The maximum atomic E-state index is 10.8. The fraction of sp³-hybridized carbons (Fsp3) is 0. The summed E-state index contributed by atoms with van der Waals surface area (Å²) in [5.74, 6) is -1.10. The quantitative estimate of drug-likeness (QED) is 0.861. The highest BCUT2D eigenvalue weighted by molar-refractivity contribution is 8.01. The SMILES string of the molecule is O=C(O)c1nccnc1Sc1nncs1. The van der Waals surface area contributed by atoms with Gasteiger partial charge >= 0.3 is 5.97 Å². The van der Waals surface area contributed by atoms with Crippen LogP contribution < -0.4 is 0 Å². The smallest absolute Gasteiger partial charge is 0.357 e. The number of aromatic nitrogens is 4. The lowest BCUT2D eigenvalue weighted by Gasteiger charge is -1.99. The maximum absolute atomic E-state index is 10.8. The van der Waals surface area contributed by atoms with Crippen LogP contribution in [0.25, 0.3) is 0 Å².